The first kappa shape index (κ1) is 30.0. The van der Waals surface area contributed by atoms with Crippen molar-refractivity contribution in [2.45, 2.75) is 39.3 Å². The number of nitrogens with one attached hydrogen (secondary N) is 1. The first-order valence-electron chi connectivity index (χ1n) is 13.7. The maximum atomic E-state index is 13.2. The average Bonchev–Trinajstić information content (AvgIpc) is 2.97. The van der Waals surface area contributed by atoms with Gasteiger partial charge in [0.15, 0.2) is 0 Å². The van der Waals surface area contributed by atoms with Crippen molar-refractivity contribution in [2.75, 3.05) is 20.1 Å². The Bertz CT molecular complexity index is 1500. The second-order valence-corrected chi connectivity index (χ2v) is 10.4. The zero-order valence-electron chi connectivity index (χ0n) is 24.1. The van der Waals surface area contributed by atoms with Gasteiger partial charge in [0.25, 0.3) is 11.6 Å². The van der Waals surface area contributed by atoms with Crippen molar-refractivity contribution in [3.63, 3.8) is 0 Å². The highest BCUT2D eigenvalue weighted by Gasteiger charge is 2.39. The van der Waals surface area contributed by atoms with E-state index in [1.807, 2.05) is 42.5 Å². The minimum Gasteiger partial charge on any atom is -0.459 e. The highest BCUT2D eigenvalue weighted by Crippen LogP contribution is 2.36. The predicted molar refractivity (Wildman–Crippen MR) is 158 cm³/mol. The summed E-state index contributed by atoms with van der Waals surface area (Å²) in [5.74, 6) is -0.778. The molecule has 0 spiro atoms. The van der Waals surface area contributed by atoms with Crippen LogP contribution < -0.4 is 5.32 Å². The van der Waals surface area contributed by atoms with Crippen LogP contribution in [0.3, 0.4) is 0 Å². The van der Waals surface area contributed by atoms with Gasteiger partial charge in [-0.05, 0) is 56.0 Å². The van der Waals surface area contributed by atoms with Gasteiger partial charge >= 0.3 is 12.0 Å². The smallest absolute Gasteiger partial charge is 0.338 e. The van der Waals surface area contributed by atoms with Gasteiger partial charge in [0, 0.05) is 43.5 Å². The van der Waals surface area contributed by atoms with Crippen LogP contribution in [-0.2, 0) is 9.53 Å². The number of nitrogens with zero attached hydrogens (tertiary/aromatic N) is 3. The van der Waals surface area contributed by atoms with Crippen molar-refractivity contribution in [3.8, 4) is 11.1 Å². The molecule has 0 bridgehead atoms. The number of rotatable bonds is 10. The van der Waals surface area contributed by atoms with E-state index in [0.717, 1.165) is 11.1 Å². The van der Waals surface area contributed by atoms with E-state index in [4.69, 9.17) is 4.74 Å². The van der Waals surface area contributed by atoms with Crippen LogP contribution in [0.4, 0.5) is 10.5 Å². The number of non-ortho nitro benzene ring substituents is 1. The fourth-order valence-electron chi connectivity index (χ4n) is 4.94. The molecule has 0 saturated carbocycles. The fourth-order valence-corrected chi connectivity index (χ4v) is 4.94. The molecule has 0 fully saturated rings. The van der Waals surface area contributed by atoms with Crippen LogP contribution in [0.15, 0.2) is 90.1 Å². The molecule has 1 aliphatic rings. The number of carbonyl (C=O) groups excluding carboxylic acids is 3. The molecule has 0 radical (unpaired) electrons. The van der Waals surface area contributed by atoms with E-state index in [0.29, 0.717) is 29.8 Å². The van der Waals surface area contributed by atoms with Crippen LogP contribution in [0.5, 0.6) is 0 Å². The number of amides is 3. The highest BCUT2D eigenvalue weighted by atomic mass is 16.6. The molecule has 1 N–H and O–H groups in total. The summed E-state index contributed by atoms with van der Waals surface area (Å²) in [7, 11) is 1.69. The van der Waals surface area contributed by atoms with Gasteiger partial charge in [0.05, 0.1) is 22.6 Å². The summed E-state index contributed by atoms with van der Waals surface area (Å²) in [5, 5.41) is 14.2. The van der Waals surface area contributed by atoms with Crippen LogP contribution in [0.1, 0.15) is 49.2 Å². The molecule has 1 unspecified atom stereocenters. The van der Waals surface area contributed by atoms with Crippen LogP contribution >= 0.6 is 0 Å². The number of nitro benzene ring substituents is 1. The number of benzene rings is 3. The van der Waals surface area contributed by atoms with Crippen LogP contribution in [0.2, 0.25) is 0 Å². The minimum atomic E-state index is -0.906. The van der Waals surface area contributed by atoms with E-state index in [2.05, 4.69) is 5.32 Å². The zero-order valence-corrected chi connectivity index (χ0v) is 24.1. The van der Waals surface area contributed by atoms with Gasteiger partial charge in [-0.25, -0.2) is 9.59 Å². The van der Waals surface area contributed by atoms with Gasteiger partial charge in [-0.2, -0.15) is 0 Å². The van der Waals surface area contributed by atoms with Crippen LogP contribution in [-0.4, -0.2) is 58.9 Å². The molecule has 1 aliphatic heterocycles. The Morgan fingerprint density at radius 3 is 2.33 bits per heavy atom. The Labute approximate surface area is 244 Å². The molecule has 4 rings (SSSR count). The molecule has 0 aliphatic carbocycles. The summed E-state index contributed by atoms with van der Waals surface area (Å²) in [6, 6.07) is 21.8. The van der Waals surface area contributed by atoms with E-state index < -0.39 is 29.1 Å². The highest BCUT2D eigenvalue weighted by molar-refractivity contribution is 5.95. The number of urea groups is 1. The van der Waals surface area contributed by atoms with Gasteiger partial charge in [-0.1, -0.05) is 54.6 Å². The first-order chi connectivity index (χ1) is 20.1. The summed E-state index contributed by atoms with van der Waals surface area (Å²) in [6.07, 6.45) is -0.00887. The predicted octanol–water partition coefficient (Wildman–Crippen LogP) is 5.72. The summed E-state index contributed by atoms with van der Waals surface area (Å²) < 4.78 is 5.47. The molecular weight excluding hydrogens is 536 g/mol. The number of ether oxygens (including phenoxy) is 1. The Kier molecular flexibility index (Phi) is 9.36. The topological polar surface area (TPSA) is 122 Å². The molecule has 3 amide bonds. The standard InChI is InChI=1S/C32H34N4O6/c1-21(2)42-31(38)28-22(3)33-32(39)35(29(28)26-12-8-13-27(20-26)36(40)41)19-9-18-34(4)30(37)25-16-14-24(15-17-25)23-10-6-5-7-11-23/h5-8,10-17,20-21,29H,9,18-19H2,1-4H3,(H,33,39). The van der Waals surface area contributed by atoms with Gasteiger partial charge in [-0.15, -0.1) is 0 Å². The van der Waals surface area contributed by atoms with Crippen LogP contribution in [0.25, 0.3) is 11.1 Å². The minimum absolute atomic E-state index is 0.156. The van der Waals surface area contributed by atoms with Crippen LogP contribution in [0, 0.1) is 10.1 Å². The zero-order chi connectivity index (χ0) is 30.4. The molecule has 3 aromatic carbocycles. The summed E-state index contributed by atoms with van der Waals surface area (Å²) in [5.41, 5.74) is 3.39. The Morgan fingerprint density at radius 1 is 1.02 bits per heavy atom. The normalized spacial score (nSPS) is 14.9. The summed E-state index contributed by atoms with van der Waals surface area (Å²) in [4.78, 5) is 53.5. The second kappa shape index (κ2) is 13.1. The number of hydrogen-bond acceptors (Lipinski definition) is 6. The van der Waals surface area contributed by atoms with Gasteiger partial charge in [0.2, 0.25) is 0 Å². The number of allylic oxidation sites excluding steroid dienone is 1. The van der Waals surface area contributed by atoms with E-state index >= 15 is 0 Å². The third-order valence-electron chi connectivity index (χ3n) is 6.98. The summed E-state index contributed by atoms with van der Waals surface area (Å²) in [6.45, 7) is 5.55. The molecular formula is C32H34N4O6. The largest absolute Gasteiger partial charge is 0.459 e. The first-order valence-corrected chi connectivity index (χ1v) is 13.7. The lowest BCUT2D eigenvalue weighted by Gasteiger charge is -2.38. The SMILES string of the molecule is CC1=C(C(=O)OC(C)C)C(c2cccc([N+](=O)[O-])c2)N(CCCN(C)C(=O)c2ccc(-c3ccccc3)cc2)C(=O)N1. The number of nitro groups is 1. The molecule has 0 aromatic heterocycles. The van der Waals surface area contributed by atoms with Crippen molar-refractivity contribution in [1.29, 1.82) is 0 Å². The van der Waals surface area contributed by atoms with Crippen molar-refractivity contribution in [1.82, 2.24) is 15.1 Å². The number of hydrogen-bond donors (Lipinski definition) is 1. The maximum absolute atomic E-state index is 13.2. The molecule has 3 aromatic rings. The van der Waals surface area contributed by atoms with E-state index in [9.17, 15) is 24.5 Å². The molecule has 0 saturated heterocycles. The molecule has 1 atom stereocenters. The molecule has 1 heterocycles. The van der Waals surface area contributed by atoms with Crippen molar-refractivity contribution < 1.29 is 24.0 Å². The Balaban J connectivity index is 1.51. The second-order valence-electron chi connectivity index (χ2n) is 10.4. The molecule has 10 heteroatoms. The fraction of sp³-hybridized carbons (Fsp3) is 0.281. The van der Waals surface area contributed by atoms with Gasteiger partial charge in [0.1, 0.15) is 0 Å². The average molecular weight is 571 g/mol. The van der Waals surface area contributed by atoms with E-state index in [1.54, 1.807) is 50.9 Å². The summed E-state index contributed by atoms with van der Waals surface area (Å²) >= 11 is 0. The Hall–Kier alpha value is -4.99. The van der Waals surface area contributed by atoms with Crippen molar-refractivity contribution in [3.05, 3.63) is 111 Å². The molecule has 42 heavy (non-hydrogen) atoms. The maximum Gasteiger partial charge on any atom is 0.338 e. The van der Waals surface area contributed by atoms with E-state index in [1.165, 1.54) is 23.1 Å². The quantitative estimate of drug-likeness (QED) is 0.189. The van der Waals surface area contributed by atoms with E-state index in [-0.39, 0.29) is 23.7 Å². The van der Waals surface area contributed by atoms with Gasteiger partial charge in [-0.3, -0.25) is 14.9 Å². The monoisotopic (exact) mass is 570 g/mol. The molecule has 218 valence electrons. The third-order valence-corrected chi connectivity index (χ3v) is 6.98. The number of carbonyl (C=O) groups is 3. The lowest BCUT2D eigenvalue weighted by atomic mass is 9.93. The Morgan fingerprint density at radius 2 is 1.69 bits per heavy atom. The lowest BCUT2D eigenvalue weighted by Crippen LogP contribution is -2.49. The third kappa shape index (κ3) is 6.83. The van der Waals surface area contributed by atoms with Crippen molar-refractivity contribution in [2.24, 2.45) is 0 Å². The lowest BCUT2D eigenvalue weighted by molar-refractivity contribution is -0.384. The van der Waals surface area contributed by atoms with Crippen molar-refractivity contribution >= 4 is 23.6 Å². The van der Waals surface area contributed by atoms with Gasteiger partial charge < -0.3 is 19.9 Å². The number of esters is 1. The molecule has 10 nitrogen and oxygen atoms in total.